The molecule has 2 aromatic rings. The van der Waals surface area contributed by atoms with Crippen LogP contribution >= 0.6 is 0 Å². The van der Waals surface area contributed by atoms with Crippen LogP contribution in [0.1, 0.15) is 37.6 Å². The smallest absolute Gasteiger partial charge is 0.257 e. The van der Waals surface area contributed by atoms with Gasteiger partial charge in [0.05, 0.1) is 31.5 Å². The van der Waals surface area contributed by atoms with Crippen molar-refractivity contribution in [3.8, 4) is 5.75 Å². The zero-order chi connectivity index (χ0) is 26.1. The Kier molecular flexibility index (Phi) is 9.44. The Morgan fingerprint density at radius 2 is 1.44 bits per heavy atom. The Bertz CT molecular complexity index is 1050. The zero-order valence-electron chi connectivity index (χ0n) is 21.6. The first-order valence-electron chi connectivity index (χ1n) is 12.2. The van der Waals surface area contributed by atoms with Crippen molar-refractivity contribution in [1.82, 2.24) is 15.1 Å². The fourth-order valence-electron chi connectivity index (χ4n) is 4.06. The fourth-order valence-corrected chi connectivity index (χ4v) is 4.06. The SMILES string of the molecule is COc1ccc(NC(=O)c2ccccc2NC(=O)CN2CCCN(CC(=O)NC(C)(C)C)CC2)cc1. The number of nitrogens with zero attached hydrogens (tertiary/aromatic N) is 2. The Balaban J connectivity index is 1.53. The number of nitrogens with one attached hydrogen (secondary N) is 3. The van der Waals surface area contributed by atoms with Gasteiger partial charge < -0.3 is 20.7 Å². The van der Waals surface area contributed by atoms with Crippen LogP contribution in [0.5, 0.6) is 5.75 Å². The lowest BCUT2D eigenvalue weighted by atomic mass is 10.1. The summed E-state index contributed by atoms with van der Waals surface area (Å²) in [6, 6.07) is 14.0. The highest BCUT2D eigenvalue weighted by Gasteiger charge is 2.21. The number of methoxy groups -OCH3 is 1. The maximum Gasteiger partial charge on any atom is 0.257 e. The summed E-state index contributed by atoms with van der Waals surface area (Å²) in [5, 5.41) is 8.74. The average Bonchev–Trinajstić information content (AvgIpc) is 3.03. The van der Waals surface area contributed by atoms with Gasteiger partial charge in [-0.3, -0.25) is 24.2 Å². The van der Waals surface area contributed by atoms with Gasteiger partial charge in [0.1, 0.15) is 5.75 Å². The van der Waals surface area contributed by atoms with E-state index >= 15 is 0 Å². The third-order valence-corrected chi connectivity index (χ3v) is 5.72. The molecule has 1 aliphatic heterocycles. The summed E-state index contributed by atoms with van der Waals surface area (Å²) in [6.07, 6.45) is 0.872. The van der Waals surface area contributed by atoms with Crippen molar-refractivity contribution in [2.75, 3.05) is 57.0 Å². The lowest BCUT2D eigenvalue weighted by molar-refractivity contribution is -0.123. The van der Waals surface area contributed by atoms with E-state index < -0.39 is 0 Å². The van der Waals surface area contributed by atoms with E-state index in [9.17, 15) is 14.4 Å². The number of para-hydroxylation sites is 1. The van der Waals surface area contributed by atoms with Crippen LogP contribution in [0.3, 0.4) is 0 Å². The van der Waals surface area contributed by atoms with E-state index in [4.69, 9.17) is 4.74 Å². The van der Waals surface area contributed by atoms with Crippen LogP contribution in [-0.2, 0) is 9.59 Å². The summed E-state index contributed by atoms with van der Waals surface area (Å²) >= 11 is 0. The first kappa shape index (κ1) is 27.2. The van der Waals surface area contributed by atoms with Gasteiger partial charge in [-0.25, -0.2) is 0 Å². The van der Waals surface area contributed by atoms with Crippen LogP contribution < -0.4 is 20.7 Å². The molecule has 3 amide bonds. The van der Waals surface area contributed by atoms with Crippen LogP contribution in [-0.4, -0.2) is 79.4 Å². The van der Waals surface area contributed by atoms with Gasteiger partial charge in [-0.2, -0.15) is 0 Å². The van der Waals surface area contributed by atoms with Crippen LogP contribution in [0, 0.1) is 0 Å². The van der Waals surface area contributed by atoms with Crippen LogP contribution in [0.15, 0.2) is 48.5 Å². The van der Waals surface area contributed by atoms with Gasteiger partial charge in [-0.1, -0.05) is 12.1 Å². The summed E-state index contributed by atoms with van der Waals surface area (Å²) < 4.78 is 5.15. The molecule has 0 aliphatic carbocycles. The molecule has 1 fully saturated rings. The van der Waals surface area contributed by atoms with Crippen molar-refractivity contribution >= 4 is 29.1 Å². The van der Waals surface area contributed by atoms with Crippen molar-refractivity contribution in [2.45, 2.75) is 32.7 Å². The average molecular weight is 496 g/mol. The third-order valence-electron chi connectivity index (χ3n) is 5.72. The highest BCUT2D eigenvalue weighted by molar-refractivity contribution is 6.10. The second-order valence-corrected chi connectivity index (χ2v) is 9.98. The molecule has 1 saturated heterocycles. The first-order valence-corrected chi connectivity index (χ1v) is 12.2. The predicted molar refractivity (Wildman–Crippen MR) is 141 cm³/mol. The highest BCUT2D eigenvalue weighted by atomic mass is 16.5. The van der Waals surface area contributed by atoms with Gasteiger partial charge >= 0.3 is 0 Å². The topological polar surface area (TPSA) is 103 Å². The van der Waals surface area contributed by atoms with E-state index in [1.807, 2.05) is 20.8 Å². The van der Waals surface area contributed by atoms with Crippen molar-refractivity contribution in [3.63, 3.8) is 0 Å². The lowest BCUT2D eigenvalue weighted by Crippen LogP contribution is -2.46. The summed E-state index contributed by atoms with van der Waals surface area (Å²) in [5.74, 6) is 0.220. The van der Waals surface area contributed by atoms with Crippen molar-refractivity contribution < 1.29 is 19.1 Å². The molecule has 2 aromatic carbocycles. The van der Waals surface area contributed by atoms with Crippen LogP contribution in [0.2, 0.25) is 0 Å². The number of carbonyl (C=O) groups excluding carboxylic acids is 3. The largest absolute Gasteiger partial charge is 0.497 e. The molecule has 9 nitrogen and oxygen atoms in total. The normalized spacial score (nSPS) is 15.0. The number of rotatable bonds is 8. The summed E-state index contributed by atoms with van der Waals surface area (Å²) in [4.78, 5) is 42.2. The molecule has 1 heterocycles. The molecule has 3 rings (SSSR count). The first-order chi connectivity index (χ1) is 17.1. The van der Waals surface area contributed by atoms with E-state index in [0.29, 0.717) is 42.3 Å². The standard InChI is InChI=1S/C27H37N5O4/c1-27(2,3)30-25(34)19-32-15-7-14-31(16-17-32)18-24(33)29-23-9-6-5-8-22(23)26(35)28-20-10-12-21(36-4)13-11-20/h5-6,8-13H,7,14-19H2,1-4H3,(H,28,35)(H,29,33)(H,30,34). The van der Waals surface area contributed by atoms with E-state index in [0.717, 1.165) is 19.5 Å². The van der Waals surface area contributed by atoms with E-state index in [-0.39, 0.29) is 29.8 Å². The Labute approximate surface area is 213 Å². The maximum atomic E-state index is 12.9. The monoisotopic (exact) mass is 495 g/mol. The fraction of sp³-hybridized carbons (Fsp3) is 0.444. The van der Waals surface area contributed by atoms with Crippen LogP contribution in [0.4, 0.5) is 11.4 Å². The van der Waals surface area contributed by atoms with Crippen molar-refractivity contribution in [2.24, 2.45) is 0 Å². The molecule has 194 valence electrons. The number of hydrogen-bond acceptors (Lipinski definition) is 6. The maximum absolute atomic E-state index is 12.9. The quantitative estimate of drug-likeness (QED) is 0.521. The third kappa shape index (κ3) is 8.66. The summed E-state index contributed by atoms with van der Waals surface area (Å²) in [7, 11) is 1.58. The highest BCUT2D eigenvalue weighted by Crippen LogP contribution is 2.19. The number of carbonyl (C=O) groups is 3. The molecule has 36 heavy (non-hydrogen) atoms. The second kappa shape index (κ2) is 12.5. The molecular formula is C27H37N5O4. The zero-order valence-corrected chi connectivity index (χ0v) is 21.6. The lowest BCUT2D eigenvalue weighted by Gasteiger charge is -2.25. The van der Waals surface area contributed by atoms with E-state index in [1.54, 1.807) is 55.6 Å². The number of amides is 3. The van der Waals surface area contributed by atoms with E-state index in [1.165, 1.54) is 0 Å². The molecule has 0 spiro atoms. The molecule has 0 radical (unpaired) electrons. The molecular weight excluding hydrogens is 458 g/mol. The second-order valence-electron chi connectivity index (χ2n) is 9.98. The number of benzene rings is 2. The van der Waals surface area contributed by atoms with Gasteiger partial charge in [0.15, 0.2) is 0 Å². The molecule has 0 unspecified atom stereocenters. The molecule has 0 saturated carbocycles. The molecule has 0 bridgehead atoms. The van der Waals surface area contributed by atoms with E-state index in [2.05, 4.69) is 25.8 Å². The van der Waals surface area contributed by atoms with Gasteiger partial charge in [0.2, 0.25) is 11.8 Å². The Hall–Kier alpha value is -3.43. The number of ether oxygens (including phenoxy) is 1. The van der Waals surface area contributed by atoms with Gasteiger partial charge in [-0.15, -0.1) is 0 Å². The molecule has 0 aromatic heterocycles. The predicted octanol–water partition coefficient (Wildman–Crippen LogP) is 2.81. The number of anilines is 2. The minimum Gasteiger partial charge on any atom is -0.497 e. The summed E-state index contributed by atoms with van der Waals surface area (Å²) in [6.45, 7) is 9.46. The Morgan fingerprint density at radius 1 is 0.833 bits per heavy atom. The Morgan fingerprint density at radius 3 is 2.06 bits per heavy atom. The van der Waals surface area contributed by atoms with Crippen LogP contribution in [0.25, 0.3) is 0 Å². The summed E-state index contributed by atoms with van der Waals surface area (Å²) in [5.41, 5.74) is 1.22. The van der Waals surface area contributed by atoms with Gasteiger partial charge in [-0.05, 0) is 76.7 Å². The minimum absolute atomic E-state index is 0.0122. The van der Waals surface area contributed by atoms with Crippen molar-refractivity contribution in [1.29, 1.82) is 0 Å². The molecule has 0 atom stereocenters. The minimum atomic E-state index is -0.310. The van der Waals surface area contributed by atoms with Gasteiger partial charge in [0.25, 0.3) is 5.91 Å². The van der Waals surface area contributed by atoms with Crippen molar-refractivity contribution in [3.05, 3.63) is 54.1 Å². The van der Waals surface area contributed by atoms with Gasteiger partial charge in [0, 0.05) is 24.3 Å². The molecule has 3 N–H and O–H groups in total. The molecule has 1 aliphatic rings. The molecule has 9 heteroatoms. The number of hydrogen-bond donors (Lipinski definition) is 3.